The van der Waals surface area contributed by atoms with Crippen molar-refractivity contribution in [3.05, 3.63) is 64.2 Å². The van der Waals surface area contributed by atoms with Crippen molar-refractivity contribution in [2.24, 2.45) is 0 Å². The molecule has 0 atom stereocenters. The van der Waals surface area contributed by atoms with Crippen molar-refractivity contribution in [3.63, 3.8) is 0 Å². The van der Waals surface area contributed by atoms with Crippen LogP contribution in [0.3, 0.4) is 0 Å². The van der Waals surface area contributed by atoms with Gasteiger partial charge in [0.05, 0.1) is 17.1 Å². The Bertz CT molecular complexity index is 714. The van der Waals surface area contributed by atoms with Crippen LogP contribution in [-0.2, 0) is 4.79 Å². The second-order valence-electron chi connectivity index (χ2n) is 5.03. The number of anilines is 1. The first kappa shape index (κ1) is 16.0. The van der Waals surface area contributed by atoms with E-state index in [2.05, 4.69) is 10.6 Å². The summed E-state index contributed by atoms with van der Waals surface area (Å²) in [6.07, 6.45) is 0. The fourth-order valence-electron chi connectivity index (χ4n) is 1.97. The number of hydrogen-bond donors (Lipinski definition) is 2. The van der Waals surface area contributed by atoms with Crippen LogP contribution in [0.2, 0.25) is 5.02 Å². The minimum atomic E-state index is -0.373. The van der Waals surface area contributed by atoms with Crippen LogP contribution in [0, 0.1) is 13.8 Å². The first-order chi connectivity index (χ1) is 10.5. The van der Waals surface area contributed by atoms with Gasteiger partial charge in [0.2, 0.25) is 5.91 Å². The van der Waals surface area contributed by atoms with Crippen LogP contribution in [0.5, 0.6) is 0 Å². The van der Waals surface area contributed by atoms with E-state index < -0.39 is 0 Å². The lowest BCUT2D eigenvalue weighted by atomic mass is 10.1. The van der Waals surface area contributed by atoms with E-state index in [0.29, 0.717) is 10.6 Å². The molecule has 5 heteroatoms. The third kappa shape index (κ3) is 4.09. The number of benzene rings is 2. The molecule has 0 aliphatic rings. The molecule has 0 saturated carbocycles. The fraction of sp³-hybridized carbons (Fsp3) is 0.176. The molecule has 4 nitrogen and oxygen atoms in total. The molecule has 22 heavy (non-hydrogen) atoms. The van der Waals surface area contributed by atoms with E-state index in [-0.39, 0.29) is 18.4 Å². The maximum absolute atomic E-state index is 12.0. The molecule has 0 fully saturated rings. The van der Waals surface area contributed by atoms with Crippen molar-refractivity contribution in [1.82, 2.24) is 5.32 Å². The number of carbonyl (C=O) groups is 2. The molecule has 0 spiro atoms. The molecular formula is C17H17ClN2O2. The largest absolute Gasteiger partial charge is 0.343 e. The van der Waals surface area contributed by atoms with Gasteiger partial charge >= 0.3 is 0 Å². The molecule has 2 rings (SSSR count). The zero-order valence-electron chi connectivity index (χ0n) is 12.4. The van der Waals surface area contributed by atoms with Crippen molar-refractivity contribution in [2.45, 2.75) is 13.8 Å². The number of amides is 2. The second kappa shape index (κ2) is 7.09. The summed E-state index contributed by atoms with van der Waals surface area (Å²) in [5.41, 5.74) is 3.12. The third-order valence-electron chi connectivity index (χ3n) is 3.20. The van der Waals surface area contributed by atoms with Gasteiger partial charge in [0, 0.05) is 5.69 Å². The maximum atomic E-state index is 12.0. The zero-order chi connectivity index (χ0) is 16.1. The predicted molar refractivity (Wildman–Crippen MR) is 88.3 cm³/mol. The van der Waals surface area contributed by atoms with Gasteiger partial charge in [-0.1, -0.05) is 35.9 Å². The summed E-state index contributed by atoms with van der Waals surface area (Å²) in [6.45, 7) is 3.75. The highest BCUT2D eigenvalue weighted by Gasteiger charge is 2.11. The summed E-state index contributed by atoms with van der Waals surface area (Å²) in [5, 5.41) is 5.70. The lowest BCUT2D eigenvalue weighted by Crippen LogP contribution is -2.33. The average molecular weight is 317 g/mol. The maximum Gasteiger partial charge on any atom is 0.253 e. The van der Waals surface area contributed by atoms with Crippen LogP contribution >= 0.6 is 11.6 Å². The average Bonchev–Trinajstić information content (AvgIpc) is 2.49. The predicted octanol–water partition coefficient (Wildman–Crippen LogP) is 3.33. The monoisotopic (exact) mass is 316 g/mol. The van der Waals surface area contributed by atoms with Crippen molar-refractivity contribution >= 4 is 29.1 Å². The Morgan fingerprint density at radius 3 is 2.55 bits per heavy atom. The molecule has 2 amide bonds. The van der Waals surface area contributed by atoms with E-state index in [4.69, 9.17) is 11.6 Å². The van der Waals surface area contributed by atoms with E-state index in [1.54, 1.807) is 24.3 Å². The van der Waals surface area contributed by atoms with Crippen LogP contribution < -0.4 is 10.6 Å². The SMILES string of the molecule is Cc1ccc(C)c(NC(=O)CNC(=O)c2ccccc2Cl)c1. The molecular weight excluding hydrogens is 300 g/mol. The van der Waals surface area contributed by atoms with Gasteiger partial charge in [0.1, 0.15) is 0 Å². The quantitative estimate of drug-likeness (QED) is 0.909. The molecule has 0 saturated heterocycles. The molecule has 2 N–H and O–H groups in total. The Hall–Kier alpha value is -2.33. The van der Waals surface area contributed by atoms with Crippen LogP contribution in [0.1, 0.15) is 21.5 Å². The van der Waals surface area contributed by atoms with E-state index in [1.165, 1.54) is 0 Å². The van der Waals surface area contributed by atoms with Gasteiger partial charge in [-0.3, -0.25) is 9.59 Å². The zero-order valence-corrected chi connectivity index (χ0v) is 13.2. The fourth-order valence-corrected chi connectivity index (χ4v) is 2.19. The molecule has 0 aliphatic carbocycles. The first-order valence-electron chi connectivity index (χ1n) is 6.87. The molecule has 0 unspecified atom stereocenters. The molecule has 0 aromatic heterocycles. The molecule has 0 heterocycles. The Kier molecular flexibility index (Phi) is 5.17. The number of nitrogens with one attached hydrogen (secondary N) is 2. The van der Waals surface area contributed by atoms with Crippen molar-refractivity contribution in [3.8, 4) is 0 Å². The van der Waals surface area contributed by atoms with E-state index in [0.717, 1.165) is 16.8 Å². The molecule has 2 aromatic carbocycles. The van der Waals surface area contributed by atoms with Crippen molar-refractivity contribution in [2.75, 3.05) is 11.9 Å². The van der Waals surface area contributed by atoms with E-state index in [1.807, 2.05) is 32.0 Å². The summed E-state index contributed by atoms with van der Waals surface area (Å²) >= 11 is 5.94. The first-order valence-corrected chi connectivity index (χ1v) is 7.25. The normalized spacial score (nSPS) is 10.1. The van der Waals surface area contributed by atoms with Gasteiger partial charge in [-0.15, -0.1) is 0 Å². The number of aryl methyl sites for hydroxylation is 2. The topological polar surface area (TPSA) is 58.2 Å². The third-order valence-corrected chi connectivity index (χ3v) is 3.52. The van der Waals surface area contributed by atoms with Crippen molar-refractivity contribution < 1.29 is 9.59 Å². The molecule has 2 aromatic rings. The molecule has 0 aliphatic heterocycles. The Morgan fingerprint density at radius 2 is 1.82 bits per heavy atom. The number of hydrogen-bond acceptors (Lipinski definition) is 2. The molecule has 0 radical (unpaired) electrons. The second-order valence-corrected chi connectivity index (χ2v) is 5.44. The molecule has 0 bridgehead atoms. The van der Waals surface area contributed by atoms with E-state index >= 15 is 0 Å². The van der Waals surface area contributed by atoms with E-state index in [9.17, 15) is 9.59 Å². The van der Waals surface area contributed by atoms with Gasteiger partial charge in [0.25, 0.3) is 5.91 Å². The summed E-state index contributed by atoms with van der Waals surface area (Å²) in [4.78, 5) is 23.9. The van der Waals surface area contributed by atoms with Crippen LogP contribution in [0.25, 0.3) is 0 Å². The van der Waals surface area contributed by atoms with Gasteiger partial charge < -0.3 is 10.6 Å². The Labute approximate surface area is 134 Å². The number of rotatable bonds is 4. The molecule has 114 valence electrons. The Morgan fingerprint density at radius 1 is 1.09 bits per heavy atom. The lowest BCUT2D eigenvalue weighted by Gasteiger charge is -2.10. The summed E-state index contributed by atoms with van der Waals surface area (Å²) in [5.74, 6) is -0.657. The van der Waals surface area contributed by atoms with Crippen LogP contribution in [0.4, 0.5) is 5.69 Å². The smallest absolute Gasteiger partial charge is 0.253 e. The minimum absolute atomic E-state index is 0.114. The highest BCUT2D eigenvalue weighted by molar-refractivity contribution is 6.33. The Balaban J connectivity index is 1.94. The summed E-state index contributed by atoms with van der Waals surface area (Å²) in [7, 11) is 0. The van der Waals surface area contributed by atoms with Crippen LogP contribution in [-0.4, -0.2) is 18.4 Å². The van der Waals surface area contributed by atoms with Gasteiger partial charge in [0.15, 0.2) is 0 Å². The van der Waals surface area contributed by atoms with Crippen molar-refractivity contribution in [1.29, 1.82) is 0 Å². The number of carbonyl (C=O) groups excluding carboxylic acids is 2. The standard InChI is InChI=1S/C17H17ClN2O2/c1-11-7-8-12(2)15(9-11)20-16(21)10-19-17(22)13-5-3-4-6-14(13)18/h3-9H,10H2,1-2H3,(H,19,22)(H,20,21). The summed E-state index contributed by atoms with van der Waals surface area (Å²) < 4.78 is 0. The highest BCUT2D eigenvalue weighted by atomic mass is 35.5. The lowest BCUT2D eigenvalue weighted by molar-refractivity contribution is -0.115. The minimum Gasteiger partial charge on any atom is -0.343 e. The number of halogens is 1. The van der Waals surface area contributed by atoms with Gasteiger partial charge in [-0.25, -0.2) is 0 Å². The summed E-state index contributed by atoms with van der Waals surface area (Å²) in [6, 6.07) is 12.5. The van der Waals surface area contributed by atoms with Crippen LogP contribution in [0.15, 0.2) is 42.5 Å². The highest BCUT2D eigenvalue weighted by Crippen LogP contribution is 2.16. The van der Waals surface area contributed by atoms with Gasteiger partial charge in [-0.05, 0) is 43.2 Å². The van der Waals surface area contributed by atoms with Gasteiger partial charge in [-0.2, -0.15) is 0 Å².